The summed E-state index contributed by atoms with van der Waals surface area (Å²) in [6.45, 7) is 3.20. The zero-order chi connectivity index (χ0) is 26.4. The molecule has 0 heterocycles. The number of carbonyl (C=O) groups excluding carboxylic acids is 1. The van der Waals surface area contributed by atoms with Gasteiger partial charge in [-0.1, -0.05) is 48.5 Å². The molecular formula is C29H28N2O5S. The second-order valence-electron chi connectivity index (χ2n) is 8.46. The van der Waals surface area contributed by atoms with Gasteiger partial charge < -0.3 is 14.8 Å². The van der Waals surface area contributed by atoms with Gasteiger partial charge in [0.25, 0.3) is 10.0 Å². The molecule has 7 nitrogen and oxygen atoms in total. The SMILES string of the molecule is COc1ccc(C)cc1S(=O)(=O)N(CC(=O)Nc1ccccc1Oc1ccccc1)c1cccc(C)c1. The second-order valence-corrected chi connectivity index (χ2v) is 10.3. The lowest BCUT2D eigenvalue weighted by atomic mass is 10.2. The number of benzene rings is 4. The molecule has 0 aliphatic rings. The predicted octanol–water partition coefficient (Wildman–Crippen LogP) is 5.94. The summed E-state index contributed by atoms with van der Waals surface area (Å²) < 4.78 is 40.2. The molecule has 4 aromatic rings. The maximum absolute atomic E-state index is 13.9. The monoisotopic (exact) mass is 516 g/mol. The largest absolute Gasteiger partial charge is 0.495 e. The normalized spacial score (nSPS) is 11.0. The Bertz CT molecular complexity index is 1500. The van der Waals surface area contributed by atoms with Crippen LogP contribution in [0.5, 0.6) is 17.2 Å². The van der Waals surface area contributed by atoms with Crippen LogP contribution < -0.4 is 19.1 Å². The molecule has 0 aromatic heterocycles. The van der Waals surface area contributed by atoms with E-state index in [-0.39, 0.29) is 10.6 Å². The molecule has 8 heteroatoms. The summed E-state index contributed by atoms with van der Waals surface area (Å²) in [5.74, 6) is 0.721. The van der Waals surface area contributed by atoms with E-state index in [0.29, 0.717) is 22.9 Å². The Labute approximate surface area is 217 Å². The second kappa shape index (κ2) is 11.2. The molecule has 0 atom stereocenters. The maximum Gasteiger partial charge on any atom is 0.268 e. The summed E-state index contributed by atoms with van der Waals surface area (Å²) in [5, 5.41) is 2.81. The molecule has 4 rings (SSSR count). The summed E-state index contributed by atoms with van der Waals surface area (Å²) in [4.78, 5) is 13.3. The van der Waals surface area contributed by atoms with Gasteiger partial charge in [0.15, 0.2) is 5.75 Å². The number of amides is 1. The van der Waals surface area contributed by atoms with Crippen molar-refractivity contribution in [2.24, 2.45) is 0 Å². The Morgan fingerprint density at radius 2 is 1.51 bits per heavy atom. The molecule has 0 saturated carbocycles. The molecule has 0 unspecified atom stereocenters. The van der Waals surface area contributed by atoms with Crippen LogP contribution in [0.25, 0.3) is 0 Å². The number of para-hydroxylation sites is 3. The minimum Gasteiger partial charge on any atom is -0.495 e. The van der Waals surface area contributed by atoms with E-state index in [4.69, 9.17) is 9.47 Å². The number of nitrogens with zero attached hydrogens (tertiary/aromatic N) is 1. The van der Waals surface area contributed by atoms with Gasteiger partial charge >= 0.3 is 0 Å². The molecule has 0 saturated heterocycles. The number of ether oxygens (including phenoxy) is 2. The Hall–Kier alpha value is -4.30. The molecule has 1 amide bonds. The molecule has 0 bridgehead atoms. The fourth-order valence-electron chi connectivity index (χ4n) is 3.80. The summed E-state index contributed by atoms with van der Waals surface area (Å²) in [5.41, 5.74) is 2.40. The number of aryl methyl sites for hydroxylation is 2. The van der Waals surface area contributed by atoms with Crippen LogP contribution in [-0.2, 0) is 14.8 Å². The summed E-state index contributed by atoms with van der Waals surface area (Å²) in [6.07, 6.45) is 0. The van der Waals surface area contributed by atoms with Crippen LogP contribution in [0.1, 0.15) is 11.1 Å². The van der Waals surface area contributed by atoms with E-state index in [1.54, 1.807) is 73.7 Å². The fraction of sp³-hybridized carbons (Fsp3) is 0.138. The van der Waals surface area contributed by atoms with Gasteiger partial charge in [0.2, 0.25) is 5.91 Å². The van der Waals surface area contributed by atoms with E-state index in [1.807, 2.05) is 31.2 Å². The molecule has 190 valence electrons. The number of hydrogen-bond acceptors (Lipinski definition) is 5. The highest BCUT2D eigenvalue weighted by Gasteiger charge is 2.30. The number of rotatable bonds is 9. The van der Waals surface area contributed by atoms with E-state index < -0.39 is 22.5 Å². The third-order valence-electron chi connectivity index (χ3n) is 5.60. The highest BCUT2D eigenvalue weighted by molar-refractivity contribution is 7.93. The van der Waals surface area contributed by atoms with Crippen molar-refractivity contribution in [1.29, 1.82) is 0 Å². The predicted molar refractivity (Wildman–Crippen MR) is 145 cm³/mol. The van der Waals surface area contributed by atoms with Gasteiger partial charge in [-0.2, -0.15) is 0 Å². The van der Waals surface area contributed by atoms with Gasteiger partial charge in [-0.05, 0) is 73.5 Å². The number of carbonyl (C=O) groups is 1. The van der Waals surface area contributed by atoms with Crippen molar-refractivity contribution in [3.05, 3.63) is 108 Å². The number of nitrogens with one attached hydrogen (secondary N) is 1. The maximum atomic E-state index is 13.9. The number of sulfonamides is 1. The van der Waals surface area contributed by atoms with Crippen LogP contribution in [0, 0.1) is 13.8 Å². The Kier molecular flexibility index (Phi) is 7.79. The number of methoxy groups -OCH3 is 1. The number of hydrogen-bond donors (Lipinski definition) is 1. The first kappa shape index (κ1) is 25.8. The first-order chi connectivity index (χ1) is 17.8. The molecule has 0 aliphatic carbocycles. The summed E-state index contributed by atoms with van der Waals surface area (Å²) in [7, 11) is -2.75. The highest BCUT2D eigenvalue weighted by atomic mass is 32.2. The van der Waals surface area contributed by atoms with E-state index in [2.05, 4.69) is 5.32 Å². The molecule has 0 fully saturated rings. The lowest BCUT2D eigenvalue weighted by Crippen LogP contribution is -2.38. The molecule has 0 radical (unpaired) electrons. The quantitative estimate of drug-likeness (QED) is 0.298. The van der Waals surface area contributed by atoms with E-state index in [0.717, 1.165) is 15.4 Å². The van der Waals surface area contributed by atoms with E-state index in [1.165, 1.54) is 13.2 Å². The van der Waals surface area contributed by atoms with E-state index >= 15 is 0 Å². The van der Waals surface area contributed by atoms with Crippen molar-refractivity contribution in [2.45, 2.75) is 18.7 Å². The minimum atomic E-state index is -4.17. The first-order valence-electron chi connectivity index (χ1n) is 11.6. The van der Waals surface area contributed by atoms with Crippen molar-refractivity contribution in [1.82, 2.24) is 0 Å². The zero-order valence-corrected chi connectivity index (χ0v) is 21.7. The van der Waals surface area contributed by atoms with Crippen molar-refractivity contribution in [3.63, 3.8) is 0 Å². The molecular weight excluding hydrogens is 488 g/mol. The topological polar surface area (TPSA) is 84.9 Å². The van der Waals surface area contributed by atoms with Gasteiger partial charge in [0, 0.05) is 0 Å². The Balaban J connectivity index is 1.67. The first-order valence-corrected chi connectivity index (χ1v) is 13.1. The third kappa shape index (κ3) is 6.10. The average molecular weight is 517 g/mol. The lowest BCUT2D eigenvalue weighted by molar-refractivity contribution is -0.114. The van der Waals surface area contributed by atoms with Gasteiger partial charge in [0.1, 0.15) is 22.9 Å². The Morgan fingerprint density at radius 1 is 0.811 bits per heavy atom. The molecule has 0 aliphatic heterocycles. The van der Waals surface area contributed by atoms with Gasteiger partial charge in [-0.3, -0.25) is 9.10 Å². The van der Waals surface area contributed by atoms with Crippen LogP contribution in [0.15, 0.2) is 102 Å². The molecule has 0 spiro atoms. The lowest BCUT2D eigenvalue weighted by Gasteiger charge is -2.25. The molecule has 37 heavy (non-hydrogen) atoms. The standard InChI is InChI=1S/C29H28N2O5S/c1-21-10-9-11-23(18-21)31(37(33,34)28-19-22(2)16-17-27(28)35-3)20-29(32)30-25-14-7-8-15-26(25)36-24-12-5-4-6-13-24/h4-19H,20H2,1-3H3,(H,30,32). The van der Waals surface area contributed by atoms with Gasteiger partial charge in [-0.15, -0.1) is 0 Å². The fourth-order valence-corrected chi connectivity index (χ4v) is 5.45. The van der Waals surface area contributed by atoms with Crippen LogP contribution in [0.2, 0.25) is 0 Å². The van der Waals surface area contributed by atoms with E-state index in [9.17, 15) is 13.2 Å². The Morgan fingerprint density at radius 3 is 2.24 bits per heavy atom. The van der Waals surface area contributed by atoms with Gasteiger partial charge in [0.05, 0.1) is 18.5 Å². The third-order valence-corrected chi connectivity index (χ3v) is 7.39. The number of anilines is 2. The minimum absolute atomic E-state index is 0.0166. The molecule has 4 aromatic carbocycles. The smallest absolute Gasteiger partial charge is 0.268 e. The average Bonchev–Trinajstić information content (AvgIpc) is 2.89. The summed E-state index contributed by atoms with van der Waals surface area (Å²) in [6, 6.07) is 28.1. The van der Waals surface area contributed by atoms with Crippen LogP contribution >= 0.6 is 0 Å². The van der Waals surface area contributed by atoms with Crippen LogP contribution in [-0.4, -0.2) is 28.0 Å². The van der Waals surface area contributed by atoms with Crippen molar-refractivity contribution >= 4 is 27.3 Å². The highest BCUT2D eigenvalue weighted by Crippen LogP contribution is 2.32. The molecule has 1 N–H and O–H groups in total. The van der Waals surface area contributed by atoms with Crippen molar-refractivity contribution in [3.8, 4) is 17.2 Å². The van der Waals surface area contributed by atoms with Crippen molar-refractivity contribution < 1.29 is 22.7 Å². The van der Waals surface area contributed by atoms with Crippen molar-refractivity contribution in [2.75, 3.05) is 23.3 Å². The van der Waals surface area contributed by atoms with Crippen LogP contribution in [0.4, 0.5) is 11.4 Å². The van der Waals surface area contributed by atoms with Crippen LogP contribution in [0.3, 0.4) is 0 Å². The van der Waals surface area contributed by atoms with Gasteiger partial charge in [-0.25, -0.2) is 8.42 Å². The zero-order valence-electron chi connectivity index (χ0n) is 20.8. The summed E-state index contributed by atoms with van der Waals surface area (Å²) >= 11 is 0.